The first-order valence-electron chi connectivity index (χ1n) is 10.8. The van der Waals surface area contributed by atoms with Gasteiger partial charge in [0.1, 0.15) is 58.5 Å². The van der Waals surface area contributed by atoms with Gasteiger partial charge in [-0.25, -0.2) is 0 Å². The molecule has 6 heteroatoms. The summed E-state index contributed by atoms with van der Waals surface area (Å²) in [5.41, 5.74) is 3.18. The van der Waals surface area contributed by atoms with Gasteiger partial charge in [-0.05, 0) is 38.2 Å². The smallest absolute Gasteiger partial charge is 0.137 e. The van der Waals surface area contributed by atoms with Crippen molar-refractivity contribution in [3.63, 3.8) is 0 Å². The van der Waals surface area contributed by atoms with E-state index < -0.39 is 0 Å². The van der Waals surface area contributed by atoms with Gasteiger partial charge in [-0.15, -0.1) is 0 Å². The van der Waals surface area contributed by atoms with Gasteiger partial charge in [-0.1, -0.05) is 60.7 Å². The largest absolute Gasteiger partial charge is 0.461 e. The van der Waals surface area contributed by atoms with Crippen molar-refractivity contribution in [2.75, 3.05) is 0 Å². The van der Waals surface area contributed by atoms with Crippen LogP contribution < -0.4 is 0 Å². The van der Waals surface area contributed by atoms with Crippen LogP contribution in [0.2, 0.25) is 0 Å². The highest BCUT2D eigenvalue weighted by Gasteiger charge is 2.14. The summed E-state index contributed by atoms with van der Waals surface area (Å²) in [5, 5.41) is 35.6. The Labute approximate surface area is 210 Å². The Morgan fingerprint density at radius 2 is 0.861 bits per heavy atom. The van der Waals surface area contributed by atoms with Crippen LogP contribution >= 0.6 is 0 Å². The topological polar surface area (TPSA) is 114 Å². The zero-order valence-corrected chi connectivity index (χ0v) is 19.7. The van der Waals surface area contributed by atoms with Crippen LogP contribution in [0.4, 0.5) is 0 Å². The molecule has 2 aliphatic heterocycles. The Morgan fingerprint density at radius 3 is 1.17 bits per heavy atom. The summed E-state index contributed by atoms with van der Waals surface area (Å²) >= 11 is 0. The first kappa shape index (κ1) is 25.1. The van der Waals surface area contributed by atoms with Crippen LogP contribution in [-0.2, 0) is 9.47 Å². The molecule has 2 heterocycles. The minimum absolute atomic E-state index is 0.0890. The van der Waals surface area contributed by atoms with E-state index in [4.69, 9.17) is 30.5 Å². The van der Waals surface area contributed by atoms with Gasteiger partial charge in [0.2, 0.25) is 0 Å². The third kappa shape index (κ3) is 6.27. The van der Waals surface area contributed by atoms with E-state index in [9.17, 15) is 0 Å². The van der Waals surface area contributed by atoms with E-state index >= 15 is 0 Å². The van der Waals surface area contributed by atoms with Crippen LogP contribution in [0.15, 0.2) is 119 Å². The SMILES string of the molecule is CC1=CC(=C(C#N)C#N)C=C(c2ccccc2)O1.CC1=CC(=C(C#N)C#N)C=C(c2ccccc2)O1. The lowest BCUT2D eigenvalue weighted by molar-refractivity contribution is 0.380. The van der Waals surface area contributed by atoms with Crippen LogP contribution in [0.3, 0.4) is 0 Å². The standard InChI is InChI=1S/2C15H10N2O/c2*1-11-7-13(14(9-16)10-17)8-15(18-11)12-5-3-2-4-6-12/h2*2-8H,1H3. The Morgan fingerprint density at radius 1 is 0.528 bits per heavy atom. The van der Waals surface area contributed by atoms with Crippen LogP contribution in [0.5, 0.6) is 0 Å². The van der Waals surface area contributed by atoms with Crippen molar-refractivity contribution in [3.05, 3.63) is 130 Å². The second-order valence-electron chi connectivity index (χ2n) is 7.57. The number of nitriles is 4. The number of hydrogen-bond donors (Lipinski definition) is 0. The number of benzene rings is 2. The number of ether oxygens (including phenoxy) is 2. The third-order valence-electron chi connectivity index (χ3n) is 4.97. The van der Waals surface area contributed by atoms with Crippen molar-refractivity contribution >= 4 is 11.5 Å². The van der Waals surface area contributed by atoms with Crippen LogP contribution in [0.25, 0.3) is 11.5 Å². The van der Waals surface area contributed by atoms with Crippen LogP contribution in [0.1, 0.15) is 25.0 Å². The second-order valence-corrected chi connectivity index (χ2v) is 7.57. The Bertz CT molecular complexity index is 1360. The first-order valence-corrected chi connectivity index (χ1v) is 10.8. The molecule has 2 aromatic carbocycles. The molecule has 0 spiro atoms. The van der Waals surface area contributed by atoms with Crippen molar-refractivity contribution in [2.45, 2.75) is 13.8 Å². The lowest BCUT2D eigenvalue weighted by atomic mass is 10.0. The Balaban J connectivity index is 0.000000201. The van der Waals surface area contributed by atoms with Gasteiger partial charge in [0, 0.05) is 22.3 Å². The molecule has 0 amide bonds. The van der Waals surface area contributed by atoms with Gasteiger partial charge in [0.25, 0.3) is 0 Å². The molecule has 0 bridgehead atoms. The minimum atomic E-state index is 0.0890. The normalized spacial score (nSPS) is 13.6. The van der Waals surface area contributed by atoms with Crippen molar-refractivity contribution in [3.8, 4) is 24.3 Å². The molecule has 0 aliphatic carbocycles. The molecular formula is C30H20N4O2. The summed E-state index contributed by atoms with van der Waals surface area (Å²) in [5.74, 6) is 2.62. The van der Waals surface area contributed by atoms with Crippen LogP contribution in [-0.4, -0.2) is 0 Å². The highest BCUT2D eigenvalue weighted by Crippen LogP contribution is 2.29. The predicted octanol–water partition coefficient (Wildman–Crippen LogP) is 6.61. The minimum Gasteiger partial charge on any atom is -0.461 e. The number of nitrogens with zero attached hydrogens (tertiary/aromatic N) is 4. The lowest BCUT2D eigenvalue weighted by Gasteiger charge is -2.16. The monoisotopic (exact) mass is 468 g/mol. The fraction of sp³-hybridized carbons (Fsp3) is 0.0667. The van der Waals surface area contributed by atoms with E-state index in [2.05, 4.69) is 0 Å². The molecule has 0 saturated carbocycles. The number of hydrogen-bond acceptors (Lipinski definition) is 6. The van der Waals surface area contributed by atoms with Crippen molar-refractivity contribution in [1.82, 2.24) is 0 Å². The summed E-state index contributed by atoms with van der Waals surface area (Å²) in [6.07, 6.45) is 6.80. The van der Waals surface area contributed by atoms with E-state index in [1.54, 1.807) is 38.2 Å². The van der Waals surface area contributed by atoms with Gasteiger partial charge in [-0.2, -0.15) is 21.0 Å². The molecule has 2 aliphatic rings. The summed E-state index contributed by atoms with van der Waals surface area (Å²) in [6, 6.07) is 26.7. The van der Waals surface area contributed by atoms with Crippen molar-refractivity contribution in [2.24, 2.45) is 0 Å². The van der Waals surface area contributed by atoms with Crippen LogP contribution in [0, 0.1) is 45.3 Å². The number of rotatable bonds is 2. The summed E-state index contributed by atoms with van der Waals surface area (Å²) in [6.45, 7) is 3.59. The van der Waals surface area contributed by atoms with Gasteiger partial charge in [0.15, 0.2) is 0 Å². The van der Waals surface area contributed by atoms with Gasteiger partial charge < -0.3 is 9.47 Å². The molecule has 0 aromatic heterocycles. The molecule has 172 valence electrons. The fourth-order valence-electron chi connectivity index (χ4n) is 3.35. The summed E-state index contributed by atoms with van der Waals surface area (Å²) in [7, 11) is 0. The van der Waals surface area contributed by atoms with Crippen molar-refractivity contribution in [1.29, 1.82) is 21.0 Å². The van der Waals surface area contributed by atoms with E-state index in [-0.39, 0.29) is 11.1 Å². The molecule has 2 aromatic rings. The maximum Gasteiger partial charge on any atom is 0.137 e. The molecule has 0 fully saturated rings. The van der Waals surface area contributed by atoms with Gasteiger partial charge >= 0.3 is 0 Å². The van der Waals surface area contributed by atoms with E-state index in [0.717, 1.165) is 11.1 Å². The predicted molar refractivity (Wildman–Crippen MR) is 135 cm³/mol. The molecule has 0 N–H and O–H groups in total. The highest BCUT2D eigenvalue weighted by molar-refractivity contribution is 5.70. The average Bonchev–Trinajstić information content (AvgIpc) is 2.91. The summed E-state index contributed by atoms with van der Waals surface area (Å²) < 4.78 is 11.2. The summed E-state index contributed by atoms with van der Waals surface area (Å²) in [4.78, 5) is 0. The maximum atomic E-state index is 8.89. The molecule has 0 unspecified atom stereocenters. The molecule has 0 radical (unpaired) electrons. The van der Waals surface area contributed by atoms with E-state index in [1.165, 1.54) is 0 Å². The quantitative estimate of drug-likeness (QED) is 0.458. The zero-order valence-electron chi connectivity index (χ0n) is 19.7. The Hall–Kier alpha value is -5.56. The zero-order chi connectivity index (χ0) is 25.9. The lowest BCUT2D eigenvalue weighted by Crippen LogP contribution is -1.98. The highest BCUT2D eigenvalue weighted by atomic mass is 16.5. The molecule has 0 atom stereocenters. The number of allylic oxidation sites excluding steroid dienone is 10. The van der Waals surface area contributed by atoms with Crippen molar-refractivity contribution < 1.29 is 9.47 Å². The fourth-order valence-corrected chi connectivity index (χ4v) is 3.35. The molecule has 4 rings (SSSR count). The molecule has 36 heavy (non-hydrogen) atoms. The maximum absolute atomic E-state index is 8.89. The molecule has 0 saturated heterocycles. The van der Waals surface area contributed by atoms with Gasteiger partial charge in [0.05, 0.1) is 0 Å². The molecular weight excluding hydrogens is 448 g/mol. The Kier molecular flexibility index (Phi) is 8.40. The van der Waals surface area contributed by atoms with E-state index in [1.807, 2.05) is 84.9 Å². The molecule has 6 nitrogen and oxygen atoms in total. The van der Waals surface area contributed by atoms with Gasteiger partial charge in [-0.3, -0.25) is 0 Å². The average molecular weight is 469 g/mol. The van der Waals surface area contributed by atoms with E-state index in [0.29, 0.717) is 34.2 Å². The second kappa shape index (κ2) is 12.1. The third-order valence-corrected chi connectivity index (χ3v) is 4.97. The first-order chi connectivity index (χ1) is 17.5.